The first-order chi connectivity index (χ1) is 16.0. The number of halogens is 1. The number of nitrogens with one attached hydrogen (secondary N) is 2. The number of amides is 2. The second-order valence-electron chi connectivity index (χ2n) is 8.43. The van der Waals surface area contributed by atoms with Gasteiger partial charge in [-0.3, -0.25) is 9.59 Å². The van der Waals surface area contributed by atoms with Crippen LogP contribution in [0.15, 0.2) is 72.8 Å². The normalized spacial score (nSPS) is 15.6. The summed E-state index contributed by atoms with van der Waals surface area (Å²) in [5.41, 5.74) is 3.31. The number of fused-ring (bicyclic) bond motifs is 1. The van der Waals surface area contributed by atoms with Crippen LogP contribution in [0, 0.1) is 5.92 Å². The molecule has 3 aromatic carbocycles. The third-order valence-electron chi connectivity index (χ3n) is 5.78. The van der Waals surface area contributed by atoms with Crippen LogP contribution in [0.4, 0.5) is 5.69 Å². The fourth-order valence-electron chi connectivity index (χ4n) is 3.93. The Bertz CT molecular complexity index is 1130. The molecule has 5 nitrogen and oxygen atoms in total. The van der Waals surface area contributed by atoms with Crippen LogP contribution in [-0.2, 0) is 17.6 Å². The lowest BCUT2D eigenvalue weighted by atomic mass is 9.95. The Morgan fingerprint density at radius 2 is 1.88 bits per heavy atom. The van der Waals surface area contributed by atoms with E-state index in [9.17, 15) is 9.59 Å². The van der Waals surface area contributed by atoms with Crippen LogP contribution in [0.3, 0.4) is 0 Å². The van der Waals surface area contributed by atoms with Gasteiger partial charge < -0.3 is 15.4 Å². The first-order valence-corrected chi connectivity index (χ1v) is 11.5. The van der Waals surface area contributed by atoms with Crippen LogP contribution in [-0.4, -0.2) is 24.5 Å². The molecule has 1 aliphatic heterocycles. The molecule has 0 aromatic heterocycles. The number of rotatable bonds is 7. The van der Waals surface area contributed by atoms with Crippen molar-refractivity contribution in [3.8, 4) is 5.75 Å². The Kier molecular flexibility index (Phi) is 7.30. The summed E-state index contributed by atoms with van der Waals surface area (Å²) >= 11 is 5.98. The second kappa shape index (κ2) is 10.5. The Balaban J connectivity index is 1.34. The van der Waals surface area contributed by atoms with Crippen LogP contribution < -0.4 is 15.4 Å². The summed E-state index contributed by atoms with van der Waals surface area (Å²) in [5, 5.41) is 6.52. The molecule has 3 aromatic rings. The maximum atomic E-state index is 12.8. The molecule has 0 saturated heterocycles. The number of aryl methyl sites for hydroxylation is 1. The van der Waals surface area contributed by atoms with Crippen LogP contribution in [0.1, 0.15) is 34.8 Å². The van der Waals surface area contributed by atoms with Gasteiger partial charge >= 0.3 is 0 Å². The molecule has 6 heteroatoms. The van der Waals surface area contributed by atoms with Gasteiger partial charge in [0.1, 0.15) is 12.4 Å². The van der Waals surface area contributed by atoms with Crippen LogP contribution in [0.25, 0.3) is 0 Å². The quantitative estimate of drug-likeness (QED) is 0.502. The molecule has 1 aliphatic rings. The average molecular weight is 463 g/mol. The lowest BCUT2D eigenvalue weighted by Crippen LogP contribution is -2.41. The van der Waals surface area contributed by atoms with E-state index < -0.39 is 0 Å². The minimum Gasteiger partial charge on any atom is -0.492 e. The topological polar surface area (TPSA) is 67.4 Å². The lowest BCUT2D eigenvalue weighted by molar-refractivity contribution is -0.126. The van der Waals surface area contributed by atoms with Crippen molar-refractivity contribution >= 4 is 29.1 Å². The van der Waals surface area contributed by atoms with Crippen molar-refractivity contribution in [2.75, 3.05) is 11.9 Å². The molecule has 2 atom stereocenters. The fourth-order valence-corrected chi connectivity index (χ4v) is 4.12. The van der Waals surface area contributed by atoms with E-state index >= 15 is 0 Å². The number of anilines is 1. The van der Waals surface area contributed by atoms with E-state index in [-0.39, 0.29) is 23.8 Å². The zero-order chi connectivity index (χ0) is 23.2. The van der Waals surface area contributed by atoms with Gasteiger partial charge in [0.05, 0.1) is 5.92 Å². The molecule has 2 amide bonds. The molecule has 1 heterocycles. The summed E-state index contributed by atoms with van der Waals surface area (Å²) in [6, 6.07) is 22.6. The molecule has 0 fully saturated rings. The number of ether oxygens (including phenoxy) is 1. The van der Waals surface area contributed by atoms with Crippen molar-refractivity contribution < 1.29 is 14.3 Å². The number of carbonyl (C=O) groups is 2. The molecule has 0 spiro atoms. The maximum Gasteiger partial charge on any atom is 0.255 e. The predicted octanol–water partition coefficient (Wildman–Crippen LogP) is 5.28. The molecular formula is C27H27ClN2O3. The Morgan fingerprint density at radius 3 is 2.67 bits per heavy atom. The van der Waals surface area contributed by atoms with Gasteiger partial charge in [-0.25, -0.2) is 0 Å². The third kappa shape index (κ3) is 6.14. The summed E-state index contributed by atoms with van der Waals surface area (Å²) in [7, 11) is 0. The zero-order valence-electron chi connectivity index (χ0n) is 18.5. The van der Waals surface area contributed by atoms with E-state index in [1.807, 2.05) is 37.3 Å². The van der Waals surface area contributed by atoms with Gasteiger partial charge in [0.2, 0.25) is 5.91 Å². The first kappa shape index (κ1) is 22.9. The molecule has 33 heavy (non-hydrogen) atoms. The minimum absolute atomic E-state index is 0.00502. The van der Waals surface area contributed by atoms with E-state index in [4.69, 9.17) is 16.3 Å². The SMILES string of the molecule is C[C@H](CCc1ccccc1)NC(=O)[C@@H]1COc2ccc(NC(=O)c3cccc(Cl)c3)cc2C1. The highest BCUT2D eigenvalue weighted by molar-refractivity contribution is 6.31. The molecule has 4 rings (SSSR count). The van der Waals surface area contributed by atoms with Crippen molar-refractivity contribution in [3.05, 3.63) is 94.5 Å². The summed E-state index contributed by atoms with van der Waals surface area (Å²) < 4.78 is 5.84. The monoisotopic (exact) mass is 462 g/mol. The van der Waals surface area contributed by atoms with Crippen molar-refractivity contribution in [3.63, 3.8) is 0 Å². The van der Waals surface area contributed by atoms with Crippen molar-refractivity contribution in [2.24, 2.45) is 5.92 Å². The van der Waals surface area contributed by atoms with Gasteiger partial charge in [0, 0.05) is 22.3 Å². The van der Waals surface area contributed by atoms with Gasteiger partial charge in [0.15, 0.2) is 0 Å². The van der Waals surface area contributed by atoms with E-state index in [0.29, 0.717) is 29.3 Å². The fraction of sp³-hybridized carbons (Fsp3) is 0.259. The summed E-state index contributed by atoms with van der Waals surface area (Å²) in [5.74, 6) is 0.234. The van der Waals surface area contributed by atoms with E-state index in [1.165, 1.54) is 5.56 Å². The molecule has 170 valence electrons. The Morgan fingerprint density at radius 1 is 1.06 bits per heavy atom. The molecular weight excluding hydrogens is 436 g/mol. The average Bonchev–Trinajstić information content (AvgIpc) is 2.83. The maximum absolute atomic E-state index is 12.8. The molecule has 0 saturated carbocycles. The number of carbonyl (C=O) groups excluding carboxylic acids is 2. The standard InChI is InChI=1S/C27H27ClN2O3/c1-18(10-11-19-6-3-2-4-7-19)29-27(32)22-14-21-16-24(12-13-25(21)33-17-22)30-26(31)20-8-5-9-23(28)15-20/h2-9,12-13,15-16,18,22H,10-11,14,17H2,1H3,(H,29,32)(H,30,31)/t18-,22+/m1/s1. The lowest BCUT2D eigenvalue weighted by Gasteiger charge is -2.26. The highest BCUT2D eigenvalue weighted by Crippen LogP contribution is 2.30. The smallest absolute Gasteiger partial charge is 0.255 e. The number of hydrogen-bond donors (Lipinski definition) is 2. The summed E-state index contributed by atoms with van der Waals surface area (Å²) in [6.45, 7) is 2.38. The largest absolute Gasteiger partial charge is 0.492 e. The van der Waals surface area contributed by atoms with E-state index in [0.717, 1.165) is 24.2 Å². The van der Waals surface area contributed by atoms with Gasteiger partial charge in [-0.2, -0.15) is 0 Å². The van der Waals surface area contributed by atoms with Crippen molar-refractivity contribution in [1.29, 1.82) is 0 Å². The van der Waals surface area contributed by atoms with Crippen LogP contribution >= 0.6 is 11.6 Å². The van der Waals surface area contributed by atoms with Crippen molar-refractivity contribution in [1.82, 2.24) is 5.32 Å². The predicted molar refractivity (Wildman–Crippen MR) is 131 cm³/mol. The Hall–Kier alpha value is -3.31. The van der Waals surface area contributed by atoms with Crippen molar-refractivity contribution in [2.45, 2.75) is 32.2 Å². The molecule has 0 bridgehead atoms. The van der Waals surface area contributed by atoms with Gasteiger partial charge in [-0.15, -0.1) is 0 Å². The van der Waals surface area contributed by atoms with Gasteiger partial charge in [-0.1, -0.05) is 48.0 Å². The number of benzene rings is 3. The number of hydrogen-bond acceptors (Lipinski definition) is 3. The second-order valence-corrected chi connectivity index (χ2v) is 8.87. The van der Waals surface area contributed by atoms with Crippen LogP contribution in [0.2, 0.25) is 5.02 Å². The Labute approximate surface area is 199 Å². The third-order valence-corrected chi connectivity index (χ3v) is 6.01. The van der Waals surface area contributed by atoms with Crippen LogP contribution in [0.5, 0.6) is 5.75 Å². The molecule has 0 radical (unpaired) electrons. The summed E-state index contributed by atoms with van der Waals surface area (Å²) in [6.07, 6.45) is 2.36. The molecule has 2 N–H and O–H groups in total. The summed E-state index contributed by atoms with van der Waals surface area (Å²) in [4.78, 5) is 25.4. The first-order valence-electron chi connectivity index (χ1n) is 11.1. The molecule has 0 unspecified atom stereocenters. The van der Waals surface area contributed by atoms with Gasteiger partial charge in [0.25, 0.3) is 5.91 Å². The molecule has 0 aliphatic carbocycles. The van der Waals surface area contributed by atoms with E-state index in [2.05, 4.69) is 22.8 Å². The van der Waals surface area contributed by atoms with E-state index in [1.54, 1.807) is 30.3 Å². The minimum atomic E-state index is -0.268. The highest BCUT2D eigenvalue weighted by Gasteiger charge is 2.27. The highest BCUT2D eigenvalue weighted by atomic mass is 35.5. The zero-order valence-corrected chi connectivity index (χ0v) is 19.3. The van der Waals surface area contributed by atoms with Gasteiger partial charge in [-0.05, 0) is 73.7 Å².